The average molecular weight is 448 g/mol. The first kappa shape index (κ1) is 21.0. The van der Waals surface area contributed by atoms with Crippen LogP contribution in [0.2, 0.25) is 0 Å². The van der Waals surface area contributed by atoms with Crippen LogP contribution in [0.4, 0.5) is 13.2 Å². The van der Waals surface area contributed by atoms with E-state index in [1.807, 2.05) is 25.3 Å². The molecule has 0 aliphatic carbocycles. The third kappa shape index (κ3) is 5.83. The highest BCUT2D eigenvalue weighted by atomic mass is 79.9. The zero-order valence-electron chi connectivity index (χ0n) is 14.4. The number of rotatable bonds is 4. The molecule has 0 bridgehead atoms. The highest BCUT2D eigenvalue weighted by molar-refractivity contribution is 9.10. The van der Waals surface area contributed by atoms with E-state index in [0.29, 0.717) is 0 Å². The quantitative estimate of drug-likeness (QED) is 0.538. The van der Waals surface area contributed by atoms with Crippen LogP contribution in [-0.4, -0.2) is 27.4 Å². The molecular weight excluding hydrogens is 431 g/mol. The summed E-state index contributed by atoms with van der Waals surface area (Å²) >= 11 is 3.48. The molecule has 0 saturated heterocycles. The van der Waals surface area contributed by atoms with Gasteiger partial charge in [-0.2, -0.15) is 18.3 Å². The lowest BCUT2D eigenvalue weighted by Crippen LogP contribution is -2.21. The van der Waals surface area contributed by atoms with Crippen LogP contribution in [0.25, 0.3) is 11.0 Å². The van der Waals surface area contributed by atoms with Crippen molar-refractivity contribution in [3.8, 4) is 0 Å². The van der Waals surface area contributed by atoms with E-state index in [-0.39, 0.29) is 6.04 Å². The normalized spacial score (nSPS) is 12.5. The predicted molar refractivity (Wildman–Crippen MR) is 96.2 cm³/mol. The molecule has 1 aromatic carbocycles. The Kier molecular flexibility index (Phi) is 6.66. The minimum Gasteiger partial charge on any atom is -0.475 e. The van der Waals surface area contributed by atoms with Gasteiger partial charge in [-0.1, -0.05) is 15.9 Å². The molecule has 3 rings (SSSR count). The number of hydrogen-bond donors (Lipinski definition) is 3. The molecule has 0 fully saturated rings. The number of carboxylic acid groups (broad SMARTS) is 1. The van der Waals surface area contributed by atoms with Crippen molar-refractivity contribution in [3.05, 3.63) is 52.0 Å². The zero-order valence-corrected chi connectivity index (χ0v) is 16.0. The molecule has 1 unspecified atom stereocenters. The van der Waals surface area contributed by atoms with Crippen molar-refractivity contribution in [2.45, 2.75) is 32.6 Å². The Balaban J connectivity index is 0.000000321. The number of alkyl halides is 3. The number of H-pyrrole nitrogens is 1. The summed E-state index contributed by atoms with van der Waals surface area (Å²) in [6, 6.07) is 8.27. The van der Waals surface area contributed by atoms with Crippen molar-refractivity contribution < 1.29 is 27.5 Å². The molecule has 3 N–H and O–H groups in total. The van der Waals surface area contributed by atoms with Crippen molar-refractivity contribution in [1.29, 1.82) is 0 Å². The van der Waals surface area contributed by atoms with Crippen LogP contribution >= 0.6 is 15.9 Å². The Hall–Kier alpha value is -2.33. The van der Waals surface area contributed by atoms with Gasteiger partial charge in [-0.05, 0) is 38.1 Å². The van der Waals surface area contributed by atoms with E-state index in [0.717, 1.165) is 33.4 Å². The summed E-state index contributed by atoms with van der Waals surface area (Å²) in [5.41, 5.74) is 3.19. The van der Waals surface area contributed by atoms with E-state index in [9.17, 15) is 13.2 Å². The maximum absolute atomic E-state index is 10.6. The first-order valence-electron chi connectivity index (χ1n) is 7.79. The zero-order chi connectivity index (χ0) is 20.2. The van der Waals surface area contributed by atoms with Gasteiger partial charge in [-0.3, -0.25) is 5.10 Å². The maximum atomic E-state index is 10.6. The summed E-state index contributed by atoms with van der Waals surface area (Å²) in [5, 5.41) is 18.7. The minimum absolute atomic E-state index is 0.149. The summed E-state index contributed by atoms with van der Waals surface area (Å²) in [6.07, 6.45) is -3.23. The molecule has 27 heavy (non-hydrogen) atoms. The predicted octanol–water partition coefficient (Wildman–Crippen LogP) is 4.71. The number of aliphatic carboxylic acids is 1. The van der Waals surface area contributed by atoms with Crippen molar-refractivity contribution in [2.75, 3.05) is 0 Å². The number of fused-ring (bicyclic) bond motifs is 1. The largest absolute Gasteiger partial charge is 0.490 e. The Morgan fingerprint density at radius 1 is 1.41 bits per heavy atom. The van der Waals surface area contributed by atoms with E-state index < -0.39 is 12.1 Å². The lowest BCUT2D eigenvalue weighted by atomic mass is 10.2. The van der Waals surface area contributed by atoms with Crippen LogP contribution in [0, 0.1) is 6.92 Å². The van der Waals surface area contributed by atoms with Crippen LogP contribution in [0.3, 0.4) is 0 Å². The number of aromatic nitrogens is 2. The van der Waals surface area contributed by atoms with Crippen LogP contribution in [0.15, 0.2) is 39.4 Å². The van der Waals surface area contributed by atoms with Crippen molar-refractivity contribution >= 4 is 32.9 Å². The average Bonchev–Trinajstić information content (AvgIpc) is 3.17. The molecule has 10 heteroatoms. The third-order valence-corrected chi connectivity index (χ3v) is 4.19. The maximum Gasteiger partial charge on any atom is 0.490 e. The van der Waals surface area contributed by atoms with E-state index in [4.69, 9.17) is 14.3 Å². The number of benzene rings is 1. The van der Waals surface area contributed by atoms with Crippen LogP contribution < -0.4 is 5.32 Å². The second-order valence-corrected chi connectivity index (χ2v) is 6.67. The topological polar surface area (TPSA) is 91.2 Å². The Morgan fingerprint density at radius 3 is 2.63 bits per heavy atom. The molecular formula is C17H17BrF3N3O3. The van der Waals surface area contributed by atoms with Crippen LogP contribution in [-0.2, 0) is 11.3 Å². The molecule has 0 amide bonds. The Bertz CT molecular complexity index is 921. The minimum atomic E-state index is -5.08. The summed E-state index contributed by atoms with van der Waals surface area (Å²) in [5.74, 6) is -1.81. The Morgan fingerprint density at radius 2 is 2.07 bits per heavy atom. The van der Waals surface area contributed by atoms with Gasteiger partial charge in [0.25, 0.3) is 0 Å². The molecule has 0 aliphatic heterocycles. The fraction of sp³-hybridized carbons (Fsp3) is 0.294. The molecule has 2 heterocycles. The highest BCUT2D eigenvalue weighted by Gasteiger charge is 2.38. The summed E-state index contributed by atoms with van der Waals surface area (Å²) < 4.78 is 38.7. The lowest BCUT2D eigenvalue weighted by Gasteiger charge is -2.10. The second-order valence-electron chi connectivity index (χ2n) is 5.76. The standard InChI is InChI=1S/C15H16BrN3O.C2HF3O2/c1-9-12(8-18-19-9)7-17-10(2)15-6-11-5-13(16)3-4-14(11)20-15;3-2(4,5)1(6)7/h3-6,8,10,17H,7H2,1-2H3,(H,18,19);(H,6,7). The van der Waals surface area contributed by atoms with E-state index >= 15 is 0 Å². The first-order chi connectivity index (χ1) is 12.6. The number of aryl methyl sites for hydroxylation is 1. The monoisotopic (exact) mass is 447 g/mol. The van der Waals surface area contributed by atoms with Crippen molar-refractivity contribution in [1.82, 2.24) is 15.5 Å². The van der Waals surface area contributed by atoms with Gasteiger partial charge in [0.1, 0.15) is 11.3 Å². The highest BCUT2D eigenvalue weighted by Crippen LogP contribution is 2.26. The van der Waals surface area contributed by atoms with E-state index in [1.54, 1.807) is 0 Å². The van der Waals surface area contributed by atoms with Gasteiger partial charge in [0, 0.05) is 27.7 Å². The van der Waals surface area contributed by atoms with Gasteiger partial charge >= 0.3 is 12.1 Å². The lowest BCUT2D eigenvalue weighted by molar-refractivity contribution is -0.192. The number of carboxylic acids is 1. The molecule has 2 aromatic heterocycles. The molecule has 0 spiro atoms. The fourth-order valence-corrected chi connectivity index (χ4v) is 2.54. The smallest absolute Gasteiger partial charge is 0.475 e. The molecule has 146 valence electrons. The van der Waals surface area contributed by atoms with Crippen molar-refractivity contribution in [3.63, 3.8) is 0 Å². The molecule has 0 radical (unpaired) electrons. The molecule has 1 atom stereocenters. The SMILES string of the molecule is Cc1[nH]ncc1CNC(C)c1cc2cc(Br)ccc2o1.O=C(O)C(F)(F)F. The van der Waals surface area contributed by atoms with E-state index in [2.05, 4.69) is 50.5 Å². The van der Waals surface area contributed by atoms with Gasteiger partial charge in [0.2, 0.25) is 0 Å². The summed E-state index contributed by atoms with van der Waals surface area (Å²) in [6.45, 7) is 4.89. The van der Waals surface area contributed by atoms with Gasteiger partial charge in [0.05, 0.1) is 12.2 Å². The van der Waals surface area contributed by atoms with Crippen LogP contribution in [0.1, 0.15) is 30.0 Å². The summed E-state index contributed by atoms with van der Waals surface area (Å²) in [7, 11) is 0. The number of hydrogen-bond acceptors (Lipinski definition) is 4. The van der Waals surface area contributed by atoms with Crippen molar-refractivity contribution in [2.24, 2.45) is 0 Å². The number of halogens is 4. The molecule has 6 nitrogen and oxygen atoms in total. The van der Waals surface area contributed by atoms with Gasteiger partial charge in [0.15, 0.2) is 0 Å². The number of nitrogens with zero attached hydrogens (tertiary/aromatic N) is 1. The van der Waals surface area contributed by atoms with E-state index in [1.165, 1.54) is 5.56 Å². The number of furan rings is 1. The fourth-order valence-electron chi connectivity index (χ4n) is 2.17. The number of nitrogens with one attached hydrogen (secondary N) is 2. The van der Waals surface area contributed by atoms with Gasteiger partial charge < -0.3 is 14.8 Å². The Labute approximate surface area is 160 Å². The third-order valence-electron chi connectivity index (χ3n) is 3.70. The molecule has 0 aliphatic rings. The van der Waals surface area contributed by atoms with Crippen LogP contribution in [0.5, 0.6) is 0 Å². The first-order valence-corrected chi connectivity index (χ1v) is 8.58. The number of aromatic amines is 1. The van der Waals surface area contributed by atoms with Gasteiger partial charge in [-0.25, -0.2) is 4.79 Å². The second kappa shape index (κ2) is 8.57. The molecule has 0 saturated carbocycles. The number of carbonyl (C=O) groups is 1. The molecule has 3 aromatic rings. The van der Waals surface area contributed by atoms with Gasteiger partial charge in [-0.15, -0.1) is 0 Å². The summed E-state index contributed by atoms with van der Waals surface area (Å²) in [4.78, 5) is 8.90.